The summed E-state index contributed by atoms with van der Waals surface area (Å²) in [7, 11) is 0. The van der Waals surface area contributed by atoms with Gasteiger partial charge in [-0.05, 0) is 23.6 Å². The first-order valence-electron chi connectivity index (χ1n) is 7.52. The van der Waals surface area contributed by atoms with Crippen molar-refractivity contribution in [3.05, 3.63) is 41.1 Å². The number of ether oxygens (including phenoxy) is 1. The predicted octanol–water partition coefficient (Wildman–Crippen LogP) is 2.78. The maximum atomic E-state index is 9.58. The summed E-state index contributed by atoms with van der Waals surface area (Å²) in [6, 6.07) is 9.98. The number of nitrogens with one attached hydrogen (secondary N) is 1. The number of aliphatic hydroxyl groups excluding tert-OH is 1. The Morgan fingerprint density at radius 1 is 1.22 bits per heavy atom. The zero-order chi connectivity index (χ0) is 15.7. The molecule has 2 N–H and O–H groups in total. The summed E-state index contributed by atoms with van der Waals surface area (Å²) in [6.45, 7) is 1.90. The topological polar surface area (TPSA) is 67.3 Å². The van der Waals surface area contributed by atoms with Crippen LogP contribution in [-0.4, -0.2) is 41.4 Å². The third-order valence-corrected chi connectivity index (χ3v) is 4.85. The number of anilines is 1. The summed E-state index contributed by atoms with van der Waals surface area (Å²) < 4.78 is 5.26. The van der Waals surface area contributed by atoms with E-state index in [1.54, 1.807) is 11.3 Å². The fourth-order valence-electron chi connectivity index (χ4n) is 2.64. The Morgan fingerprint density at radius 3 is 2.78 bits per heavy atom. The van der Waals surface area contributed by atoms with Crippen LogP contribution in [0.5, 0.6) is 0 Å². The molecule has 1 aliphatic heterocycles. The minimum Gasteiger partial charge on any atom is -0.396 e. The van der Waals surface area contributed by atoms with Crippen LogP contribution in [0.15, 0.2) is 41.1 Å². The van der Waals surface area contributed by atoms with Crippen molar-refractivity contribution in [2.24, 2.45) is 5.41 Å². The number of aromatic nitrogens is 2. The Balaban J connectivity index is 1.71. The molecule has 3 heterocycles. The third kappa shape index (κ3) is 2.69. The zero-order valence-electron chi connectivity index (χ0n) is 12.5. The lowest BCUT2D eigenvalue weighted by molar-refractivity contribution is -0.128. The second-order valence-corrected chi connectivity index (χ2v) is 6.71. The molecule has 1 aromatic carbocycles. The second-order valence-electron chi connectivity index (χ2n) is 5.93. The van der Waals surface area contributed by atoms with Crippen LogP contribution in [0.2, 0.25) is 0 Å². The lowest BCUT2D eigenvalue weighted by Gasteiger charge is -2.40. The van der Waals surface area contributed by atoms with Crippen LogP contribution in [0.1, 0.15) is 0 Å². The maximum absolute atomic E-state index is 9.58. The van der Waals surface area contributed by atoms with E-state index >= 15 is 0 Å². The van der Waals surface area contributed by atoms with Gasteiger partial charge in [0.05, 0.1) is 30.8 Å². The van der Waals surface area contributed by atoms with E-state index in [1.165, 1.54) is 0 Å². The molecule has 0 aliphatic carbocycles. The fraction of sp³-hybridized carbons (Fsp3) is 0.294. The number of benzene rings is 1. The van der Waals surface area contributed by atoms with Gasteiger partial charge >= 0.3 is 0 Å². The normalized spacial score (nSPS) is 16.2. The van der Waals surface area contributed by atoms with Crippen molar-refractivity contribution in [3.63, 3.8) is 0 Å². The molecule has 1 saturated heterocycles. The molecule has 4 rings (SSSR count). The average Bonchev–Trinajstić information content (AvgIpc) is 3.08. The molecule has 118 valence electrons. The van der Waals surface area contributed by atoms with Crippen LogP contribution in [0.3, 0.4) is 0 Å². The van der Waals surface area contributed by atoms with E-state index < -0.39 is 0 Å². The molecule has 5 nitrogen and oxygen atoms in total. The van der Waals surface area contributed by atoms with Gasteiger partial charge < -0.3 is 15.2 Å². The Bertz CT molecular complexity index is 810. The largest absolute Gasteiger partial charge is 0.396 e. The molecular weight excluding hydrogens is 310 g/mol. The van der Waals surface area contributed by atoms with Crippen LogP contribution >= 0.6 is 11.3 Å². The van der Waals surface area contributed by atoms with Crippen LogP contribution in [0.25, 0.3) is 22.3 Å². The highest BCUT2D eigenvalue weighted by Gasteiger charge is 2.38. The van der Waals surface area contributed by atoms with Gasteiger partial charge in [-0.3, -0.25) is 0 Å². The van der Waals surface area contributed by atoms with Crippen molar-refractivity contribution in [3.8, 4) is 11.4 Å². The second kappa shape index (κ2) is 5.88. The monoisotopic (exact) mass is 327 g/mol. The number of para-hydroxylation sites is 1. The van der Waals surface area contributed by atoms with Crippen molar-refractivity contribution >= 4 is 28.1 Å². The van der Waals surface area contributed by atoms with Gasteiger partial charge in [0, 0.05) is 22.9 Å². The highest BCUT2D eigenvalue weighted by Crippen LogP contribution is 2.30. The first-order chi connectivity index (χ1) is 11.3. The van der Waals surface area contributed by atoms with Gasteiger partial charge in [-0.2, -0.15) is 11.3 Å². The van der Waals surface area contributed by atoms with E-state index in [1.807, 2.05) is 41.1 Å². The quantitative estimate of drug-likeness (QED) is 0.754. The van der Waals surface area contributed by atoms with Gasteiger partial charge in [0.2, 0.25) is 0 Å². The smallest absolute Gasteiger partial charge is 0.162 e. The van der Waals surface area contributed by atoms with Crippen molar-refractivity contribution in [1.82, 2.24) is 9.97 Å². The summed E-state index contributed by atoms with van der Waals surface area (Å²) in [5.74, 6) is 1.52. The highest BCUT2D eigenvalue weighted by molar-refractivity contribution is 7.08. The summed E-state index contributed by atoms with van der Waals surface area (Å²) in [4.78, 5) is 9.36. The van der Waals surface area contributed by atoms with Crippen molar-refractivity contribution in [2.75, 3.05) is 31.7 Å². The number of thiophene rings is 1. The number of nitrogens with zero attached hydrogens (tertiary/aromatic N) is 2. The van der Waals surface area contributed by atoms with Crippen molar-refractivity contribution < 1.29 is 9.84 Å². The minimum atomic E-state index is -0.200. The SMILES string of the molecule is OCC1(CNc2nc(-c3ccsc3)nc3ccccc23)COC1. The third-order valence-electron chi connectivity index (χ3n) is 4.17. The molecule has 0 bridgehead atoms. The van der Waals surface area contributed by atoms with Crippen molar-refractivity contribution in [1.29, 1.82) is 0 Å². The molecule has 6 heteroatoms. The molecular formula is C17H17N3O2S. The Labute approximate surface area is 138 Å². The zero-order valence-corrected chi connectivity index (χ0v) is 13.3. The van der Waals surface area contributed by atoms with E-state index in [0.717, 1.165) is 28.1 Å². The number of hydrogen-bond acceptors (Lipinski definition) is 6. The maximum Gasteiger partial charge on any atom is 0.162 e. The minimum absolute atomic E-state index is 0.112. The average molecular weight is 327 g/mol. The van der Waals surface area contributed by atoms with Gasteiger partial charge in [-0.15, -0.1) is 0 Å². The molecule has 1 fully saturated rings. The number of rotatable bonds is 5. The standard InChI is InChI=1S/C17H17N3O2S/c21-9-17(10-22-11-17)8-18-16-13-3-1-2-4-14(13)19-15(20-16)12-5-6-23-7-12/h1-7,21H,8-11H2,(H,18,19,20). The van der Waals surface area contributed by atoms with Crippen LogP contribution in [-0.2, 0) is 4.74 Å². The molecule has 3 aromatic rings. The molecule has 0 unspecified atom stereocenters. The molecule has 0 saturated carbocycles. The van der Waals surface area contributed by atoms with E-state index in [4.69, 9.17) is 9.72 Å². The summed E-state index contributed by atoms with van der Waals surface area (Å²) >= 11 is 1.63. The van der Waals surface area contributed by atoms with Gasteiger partial charge in [-0.25, -0.2) is 9.97 Å². The number of fused-ring (bicyclic) bond motifs is 1. The first kappa shape index (κ1) is 14.6. The van der Waals surface area contributed by atoms with Gasteiger partial charge in [0.15, 0.2) is 5.82 Å². The summed E-state index contributed by atoms with van der Waals surface area (Å²) in [5.41, 5.74) is 1.73. The lowest BCUT2D eigenvalue weighted by atomic mass is 9.87. The van der Waals surface area contributed by atoms with Gasteiger partial charge in [0.25, 0.3) is 0 Å². The Morgan fingerprint density at radius 2 is 2.09 bits per heavy atom. The van der Waals surface area contributed by atoms with Crippen molar-refractivity contribution in [2.45, 2.75) is 0 Å². The Hall–Kier alpha value is -2.02. The van der Waals surface area contributed by atoms with Crippen LogP contribution < -0.4 is 5.32 Å². The molecule has 2 aromatic heterocycles. The molecule has 0 amide bonds. The van der Waals surface area contributed by atoms with Gasteiger partial charge in [0.1, 0.15) is 5.82 Å². The number of hydrogen-bond donors (Lipinski definition) is 2. The van der Waals surface area contributed by atoms with E-state index in [0.29, 0.717) is 19.8 Å². The predicted molar refractivity (Wildman–Crippen MR) is 91.7 cm³/mol. The lowest BCUT2D eigenvalue weighted by Crippen LogP contribution is -2.50. The molecule has 23 heavy (non-hydrogen) atoms. The first-order valence-corrected chi connectivity index (χ1v) is 8.46. The summed E-state index contributed by atoms with van der Waals surface area (Å²) in [6.07, 6.45) is 0. The van der Waals surface area contributed by atoms with Crippen LogP contribution in [0.4, 0.5) is 5.82 Å². The highest BCUT2D eigenvalue weighted by atomic mass is 32.1. The van der Waals surface area contributed by atoms with E-state index in [2.05, 4.69) is 10.3 Å². The van der Waals surface area contributed by atoms with E-state index in [-0.39, 0.29) is 12.0 Å². The van der Waals surface area contributed by atoms with E-state index in [9.17, 15) is 5.11 Å². The van der Waals surface area contributed by atoms with Crippen LogP contribution in [0, 0.1) is 5.41 Å². The summed E-state index contributed by atoms with van der Waals surface area (Å²) in [5, 5.41) is 18.0. The number of aliphatic hydroxyl groups is 1. The molecule has 0 atom stereocenters. The fourth-order valence-corrected chi connectivity index (χ4v) is 3.28. The Kier molecular flexibility index (Phi) is 3.72. The molecule has 0 radical (unpaired) electrons. The molecule has 0 spiro atoms. The van der Waals surface area contributed by atoms with Gasteiger partial charge in [-0.1, -0.05) is 12.1 Å². The molecule has 1 aliphatic rings.